The highest BCUT2D eigenvalue weighted by molar-refractivity contribution is 6.14. The van der Waals surface area contributed by atoms with Crippen molar-refractivity contribution in [3.05, 3.63) is 218 Å². The van der Waals surface area contributed by atoms with Gasteiger partial charge in [0.05, 0.1) is 44.8 Å². The molecule has 4 heteroatoms. The minimum Gasteiger partial charge on any atom is -0.246 e. The van der Waals surface area contributed by atoms with Crippen LogP contribution in [0.1, 0.15) is 25.2 Å². The topological polar surface area (TPSA) is 51.6 Å². The summed E-state index contributed by atoms with van der Waals surface area (Å²) in [6, 6.07) is 68.6. The predicted molar refractivity (Wildman–Crippen MR) is 270 cm³/mol. The zero-order valence-corrected chi connectivity index (χ0v) is 35.6. The van der Waals surface area contributed by atoms with Gasteiger partial charge >= 0.3 is 0 Å². The van der Waals surface area contributed by atoms with Crippen LogP contribution >= 0.6 is 0 Å². The third-order valence-corrected chi connectivity index (χ3v) is 12.0. The molecule has 0 aliphatic rings. The van der Waals surface area contributed by atoms with Crippen molar-refractivity contribution < 1.29 is 0 Å². The summed E-state index contributed by atoms with van der Waals surface area (Å²) in [6.45, 7) is 4.06. The van der Waals surface area contributed by atoms with Crippen molar-refractivity contribution in [3.8, 4) is 67.0 Å². The van der Waals surface area contributed by atoms with Crippen LogP contribution in [0, 0.1) is 0 Å². The van der Waals surface area contributed by atoms with Crippen molar-refractivity contribution in [2.75, 3.05) is 0 Å². The monoisotopic (exact) mass is 818 g/mol. The maximum absolute atomic E-state index is 5.47. The number of allylic oxidation sites excluding steroid dienone is 2. The van der Waals surface area contributed by atoms with E-state index in [1.807, 2.05) is 26.0 Å². The highest BCUT2D eigenvalue weighted by atomic mass is 14.8. The lowest BCUT2D eigenvalue weighted by atomic mass is 9.93. The molecule has 64 heavy (non-hydrogen) atoms. The van der Waals surface area contributed by atoms with Gasteiger partial charge in [0, 0.05) is 32.7 Å². The third-order valence-electron chi connectivity index (χ3n) is 12.0. The van der Waals surface area contributed by atoms with Gasteiger partial charge in [-0.05, 0) is 94.8 Å². The molecule has 4 heterocycles. The van der Waals surface area contributed by atoms with Gasteiger partial charge in [0.15, 0.2) is 0 Å². The summed E-state index contributed by atoms with van der Waals surface area (Å²) < 4.78 is 0. The summed E-state index contributed by atoms with van der Waals surface area (Å²) in [7, 11) is 0. The molecular weight excluding hydrogens is 777 g/mol. The Kier molecular flexibility index (Phi) is 9.95. The molecule has 0 saturated carbocycles. The van der Waals surface area contributed by atoms with Crippen molar-refractivity contribution in [1.29, 1.82) is 0 Å². The van der Waals surface area contributed by atoms with Crippen LogP contribution in [0.25, 0.3) is 123 Å². The lowest BCUT2D eigenvalue weighted by Gasteiger charge is -2.15. The van der Waals surface area contributed by atoms with E-state index in [1.54, 1.807) is 0 Å². The molecule has 7 aromatic carbocycles. The molecule has 11 rings (SSSR count). The number of pyridine rings is 4. The fraction of sp³-hybridized carbons (Fsp3) is 0.0333. The van der Waals surface area contributed by atoms with Crippen molar-refractivity contribution in [3.63, 3.8) is 0 Å². The van der Waals surface area contributed by atoms with E-state index in [1.165, 1.54) is 0 Å². The summed E-state index contributed by atoms with van der Waals surface area (Å²) in [4.78, 5) is 21.4. The van der Waals surface area contributed by atoms with Crippen molar-refractivity contribution in [2.45, 2.75) is 13.8 Å². The van der Waals surface area contributed by atoms with Gasteiger partial charge in [-0.15, -0.1) is 0 Å². The molecule has 0 spiro atoms. The van der Waals surface area contributed by atoms with E-state index < -0.39 is 0 Å². The fourth-order valence-corrected chi connectivity index (χ4v) is 9.04. The molecule has 0 fully saturated rings. The molecule has 11 aromatic rings. The molecule has 0 aliphatic carbocycles. The molecule has 0 aliphatic heterocycles. The molecule has 0 bridgehead atoms. The van der Waals surface area contributed by atoms with Gasteiger partial charge in [0.1, 0.15) is 0 Å². The minimum absolute atomic E-state index is 0.872. The van der Waals surface area contributed by atoms with Crippen LogP contribution in [0.5, 0.6) is 0 Å². The summed E-state index contributed by atoms with van der Waals surface area (Å²) in [5.41, 5.74) is 18.1. The highest BCUT2D eigenvalue weighted by Crippen LogP contribution is 2.41. The molecule has 0 saturated heterocycles. The molecule has 0 unspecified atom stereocenters. The lowest BCUT2D eigenvalue weighted by molar-refractivity contribution is 1.34. The fourth-order valence-electron chi connectivity index (χ4n) is 9.04. The zero-order valence-electron chi connectivity index (χ0n) is 35.6. The van der Waals surface area contributed by atoms with E-state index in [2.05, 4.69) is 206 Å². The van der Waals surface area contributed by atoms with Crippen LogP contribution in [-0.4, -0.2) is 19.9 Å². The molecular formula is C60H42N4. The standard InChI is InChI=1S/C60H42N4/c1-3-17-45-35-51(39-19-9-5-10-20-39)47-31-33-49-53(41-23-13-7-14-24-41)37-55(63-59(49)57(47)61-45)43-27-29-44(30-28-43)56-38-54(42-25-15-8-16-26-42)50-34-32-48-52(40-21-11-6-12-22-40)36-46(18-4-2)62-58(48)60(50)64-56/h3-38H,1-2H3/b17-3+,18-4+. The van der Waals surface area contributed by atoms with Gasteiger partial charge in [-0.3, -0.25) is 0 Å². The number of rotatable bonds is 8. The summed E-state index contributed by atoms with van der Waals surface area (Å²) in [6.07, 6.45) is 8.22. The van der Waals surface area contributed by atoms with Crippen LogP contribution in [0.3, 0.4) is 0 Å². The van der Waals surface area contributed by atoms with Gasteiger partial charge < -0.3 is 0 Å². The van der Waals surface area contributed by atoms with E-state index in [0.717, 1.165) is 122 Å². The van der Waals surface area contributed by atoms with Gasteiger partial charge in [-0.1, -0.05) is 182 Å². The van der Waals surface area contributed by atoms with Gasteiger partial charge in [0.25, 0.3) is 0 Å². The summed E-state index contributed by atoms with van der Waals surface area (Å²) in [5, 5.41) is 4.26. The summed E-state index contributed by atoms with van der Waals surface area (Å²) in [5.74, 6) is 0. The lowest BCUT2D eigenvalue weighted by Crippen LogP contribution is -1.96. The zero-order chi connectivity index (χ0) is 43.0. The second kappa shape index (κ2) is 16.5. The molecule has 302 valence electrons. The summed E-state index contributed by atoms with van der Waals surface area (Å²) >= 11 is 0. The van der Waals surface area contributed by atoms with E-state index in [0.29, 0.717) is 0 Å². The Morgan fingerprint density at radius 1 is 0.281 bits per heavy atom. The first kappa shape index (κ1) is 38.6. The van der Waals surface area contributed by atoms with Crippen LogP contribution < -0.4 is 0 Å². The number of benzene rings is 7. The van der Waals surface area contributed by atoms with E-state index >= 15 is 0 Å². The second-order valence-corrected chi connectivity index (χ2v) is 16.1. The molecule has 0 radical (unpaired) electrons. The quantitative estimate of drug-likeness (QED) is 0.143. The van der Waals surface area contributed by atoms with Crippen LogP contribution in [0.2, 0.25) is 0 Å². The van der Waals surface area contributed by atoms with Crippen molar-refractivity contribution in [1.82, 2.24) is 19.9 Å². The molecule has 4 nitrogen and oxygen atoms in total. The first-order valence-corrected chi connectivity index (χ1v) is 21.8. The Bertz CT molecular complexity index is 3340. The second-order valence-electron chi connectivity index (χ2n) is 16.1. The molecule has 4 aromatic heterocycles. The van der Waals surface area contributed by atoms with Crippen molar-refractivity contribution >= 4 is 55.8 Å². The average molecular weight is 819 g/mol. The maximum Gasteiger partial charge on any atom is 0.0978 e. The minimum atomic E-state index is 0.872. The van der Waals surface area contributed by atoms with Crippen molar-refractivity contribution in [2.24, 2.45) is 0 Å². The number of hydrogen-bond donors (Lipinski definition) is 0. The SMILES string of the molecule is C/C=C/c1cc(-c2ccccc2)c2ccc3c(-c4ccccc4)cc(-c4ccc(-c5cc(-c6ccccc6)c6ccc7c(-c8ccccc8)cc(/C=C/C)nc7c6n5)cc4)nc3c2n1. The number of hydrogen-bond acceptors (Lipinski definition) is 4. The number of fused-ring (bicyclic) bond motifs is 6. The molecule has 0 amide bonds. The highest BCUT2D eigenvalue weighted by Gasteiger charge is 2.19. The number of nitrogens with zero attached hydrogens (tertiary/aromatic N) is 4. The van der Waals surface area contributed by atoms with Crippen LogP contribution in [-0.2, 0) is 0 Å². The Morgan fingerprint density at radius 3 is 0.859 bits per heavy atom. The smallest absolute Gasteiger partial charge is 0.0978 e. The van der Waals surface area contributed by atoms with Crippen LogP contribution in [0.4, 0.5) is 0 Å². The maximum atomic E-state index is 5.47. The largest absolute Gasteiger partial charge is 0.246 e. The third kappa shape index (κ3) is 7.01. The Hall–Kier alpha value is -8.34. The Morgan fingerprint density at radius 2 is 0.562 bits per heavy atom. The Labute approximate surface area is 372 Å². The normalized spacial score (nSPS) is 11.8. The first-order valence-electron chi connectivity index (χ1n) is 21.8. The predicted octanol–water partition coefficient (Wildman–Crippen LogP) is 15.9. The van der Waals surface area contributed by atoms with Gasteiger partial charge in [-0.25, -0.2) is 19.9 Å². The van der Waals surface area contributed by atoms with E-state index in [9.17, 15) is 0 Å². The first-order chi connectivity index (χ1) is 31.6. The van der Waals surface area contributed by atoms with Crippen LogP contribution in [0.15, 0.2) is 206 Å². The van der Waals surface area contributed by atoms with E-state index in [4.69, 9.17) is 19.9 Å². The van der Waals surface area contributed by atoms with Gasteiger partial charge in [0.2, 0.25) is 0 Å². The molecule has 0 N–H and O–H groups in total. The molecule has 0 atom stereocenters. The van der Waals surface area contributed by atoms with Gasteiger partial charge in [-0.2, -0.15) is 0 Å². The average Bonchev–Trinajstić information content (AvgIpc) is 3.36. The Balaban J connectivity index is 1.11. The number of aromatic nitrogens is 4. The van der Waals surface area contributed by atoms with E-state index in [-0.39, 0.29) is 0 Å².